The molecule has 0 bridgehead atoms. The van der Waals surface area contributed by atoms with Crippen LogP contribution in [0.5, 0.6) is 5.75 Å². The van der Waals surface area contributed by atoms with Gasteiger partial charge in [-0.25, -0.2) is 0 Å². The van der Waals surface area contributed by atoms with Crippen molar-refractivity contribution in [1.82, 2.24) is 5.32 Å². The topological polar surface area (TPSA) is 49.3 Å². The molecule has 1 amide bonds. The molecule has 2 N–H and O–H groups in total. The van der Waals surface area contributed by atoms with E-state index in [9.17, 15) is 9.90 Å². The summed E-state index contributed by atoms with van der Waals surface area (Å²) in [5, 5.41) is 13.3. The van der Waals surface area contributed by atoms with Gasteiger partial charge < -0.3 is 10.4 Å². The summed E-state index contributed by atoms with van der Waals surface area (Å²) in [6, 6.07) is 5.30. The minimum atomic E-state index is -0.0855. The summed E-state index contributed by atoms with van der Waals surface area (Å²) >= 11 is 3.88. The van der Waals surface area contributed by atoms with Crippen molar-refractivity contribution in [3.8, 4) is 5.75 Å². The van der Waals surface area contributed by atoms with Gasteiger partial charge in [0.1, 0.15) is 5.75 Å². The van der Waals surface area contributed by atoms with E-state index >= 15 is 0 Å². The van der Waals surface area contributed by atoms with Gasteiger partial charge in [0.25, 0.3) is 5.91 Å². The van der Waals surface area contributed by atoms with E-state index in [0.717, 1.165) is 9.99 Å². The van der Waals surface area contributed by atoms with Gasteiger partial charge in [-0.3, -0.25) is 4.79 Å². The highest BCUT2D eigenvalue weighted by Gasteiger charge is 2.26. The largest absolute Gasteiger partial charge is 0.507 e. The predicted molar refractivity (Wildman–Crippen MR) is 87.8 cm³/mol. The Morgan fingerprint density at radius 2 is 2.16 bits per heavy atom. The summed E-state index contributed by atoms with van der Waals surface area (Å²) in [5.74, 6) is 0.0796. The first-order valence-corrected chi connectivity index (χ1v) is 8.80. The number of carbonyl (C=O) groups is 1. The van der Waals surface area contributed by atoms with Crippen LogP contribution in [0.15, 0.2) is 18.2 Å². The third kappa shape index (κ3) is 3.78. The van der Waals surface area contributed by atoms with Crippen molar-refractivity contribution < 1.29 is 9.90 Å². The highest BCUT2D eigenvalue weighted by Crippen LogP contribution is 2.27. The molecule has 1 aromatic rings. The molecule has 1 aliphatic rings. The smallest absolute Gasteiger partial charge is 0.251 e. The molecular formula is C14H18INO2S. The fourth-order valence-corrected chi connectivity index (χ4v) is 3.72. The molecule has 3 nitrogen and oxygen atoms in total. The number of phenolic OH excluding ortho intramolecular Hbond substituents is 1. The maximum atomic E-state index is 12.2. The van der Waals surface area contributed by atoms with Crippen LogP contribution in [0.25, 0.3) is 0 Å². The molecule has 1 fully saturated rings. The summed E-state index contributed by atoms with van der Waals surface area (Å²) in [5.41, 5.74) is 0.531. The first-order valence-electron chi connectivity index (χ1n) is 6.44. The lowest BCUT2D eigenvalue weighted by molar-refractivity contribution is 0.0929. The first-order chi connectivity index (χ1) is 9.11. The molecule has 19 heavy (non-hydrogen) atoms. The van der Waals surface area contributed by atoms with Crippen molar-refractivity contribution in [3.05, 3.63) is 27.3 Å². The number of amides is 1. The van der Waals surface area contributed by atoms with Crippen molar-refractivity contribution in [2.45, 2.75) is 37.0 Å². The van der Waals surface area contributed by atoms with Crippen molar-refractivity contribution in [2.75, 3.05) is 6.26 Å². The van der Waals surface area contributed by atoms with E-state index in [2.05, 4.69) is 11.6 Å². The Balaban J connectivity index is 2.05. The molecule has 1 aliphatic carbocycles. The molecule has 1 aromatic carbocycles. The van der Waals surface area contributed by atoms with Gasteiger partial charge in [-0.05, 0) is 59.9 Å². The second-order valence-corrected chi connectivity index (χ2v) is 7.04. The molecule has 2 unspecified atom stereocenters. The molecule has 104 valence electrons. The van der Waals surface area contributed by atoms with Gasteiger partial charge in [-0.1, -0.05) is 12.8 Å². The van der Waals surface area contributed by atoms with Gasteiger partial charge in [-0.15, -0.1) is 0 Å². The Morgan fingerprint density at radius 3 is 2.84 bits per heavy atom. The number of aromatic hydroxyl groups is 1. The van der Waals surface area contributed by atoms with Crippen LogP contribution in [0.3, 0.4) is 0 Å². The lowest BCUT2D eigenvalue weighted by atomic mass is 9.94. The predicted octanol–water partition coefficient (Wildman–Crippen LogP) is 3.40. The van der Waals surface area contributed by atoms with Crippen LogP contribution < -0.4 is 5.32 Å². The highest BCUT2D eigenvalue weighted by molar-refractivity contribution is 14.1. The Hall–Kier alpha value is -0.430. The first kappa shape index (κ1) is 15.0. The molecule has 0 aliphatic heterocycles. The van der Waals surface area contributed by atoms with Crippen LogP contribution >= 0.6 is 34.4 Å². The molecule has 0 radical (unpaired) electrons. The highest BCUT2D eigenvalue weighted by atomic mass is 127. The van der Waals surface area contributed by atoms with E-state index in [4.69, 9.17) is 0 Å². The normalized spacial score (nSPS) is 23.1. The van der Waals surface area contributed by atoms with E-state index in [-0.39, 0.29) is 17.7 Å². The number of hydrogen-bond acceptors (Lipinski definition) is 3. The molecule has 1 saturated carbocycles. The Kier molecular flexibility index (Phi) is 5.38. The summed E-state index contributed by atoms with van der Waals surface area (Å²) in [6.45, 7) is 0. The molecule has 0 spiro atoms. The van der Waals surface area contributed by atoms with Crippen LogP contribution in [-0.2, 0) is 0 Å². The van der Waals surface area contributed by atoms with Gasteiger partial charge in [0, 0.05) is 16.9 Å². The van der Waals surface area contributed by atoms with Gasteiger partial charge >= 0.3 is 0 Å². The average Bonchev–Trinajstić information content (AvgIpc) is 2.42. The zero-order valence-corrected chi connectivity index (χ0v) is 13.8. The molecular weight excluding hydrogens is 373 g/mol. The number of nitrogens with one attached hydrogen (secondary N) is 1. The molecule has 0 saturated heterocycles. The summed E-state index contributed by atoms with van der Waals surface area (Å²) < 4.78 is 0.758. The maximum absolute atomic E-state index is 12.2. The third-order valence-corrected chi connectivity index (χ3v) is 5.61. The molecule has 0 aromatic heterocycles. The Labute approximate surface area is 131 Å². The number of carbonyl (C=O) groups excluding carboxylic acids is 1. The maximum Gasteiger partial charge on any atom is 0.251 e. The van der Waals surface area contributed by atoms with Crippen molar-refractivity contribution in [3.63, 3.8) is 0 Å². The third-order valence-electron chi connectivity index (χ3n) is 3.53. The van der Waals surface area contributed by atoms with Crippen molar-refractivity contribution in [1.29, 1.82) is 0 Å². The second-order valence-electron chi connectivity index (χ2n) is 4.80. The van der Waals surface area contributed by atoms with Gasteiger partial charge in [-0.2, -0.15) is 11.8 Å². The summed E-state index contributed by atoms with van der Waals surface area (Å²) in [7, 11) is 0. The fourth-order valence-electron chi connectivity index (χ4n) is 2.45. The van der Waals surface area contributed by atoms with Crippen LogP contribution in [0.2, 0.25) is 0 Å². The van der Waals surface area contributed by atoms with Crippen LogP contribution in [-0.4, -0.2) is 28.6 Å². The Bertz CT molecular complexity index is 467. The van der Waals surface area contributed by atoms with Crippen molar-refractivity contribution in [2.24, 2.45) is 0 Å². The number of benzene rings is 1. The molecule has 2 atom stereocenters. The van der Waals surface area contributed by atoms with Crippen LogP contribution in [0, 0.1) is 3.57 Å². The van der Waals surface area contributed by atoms with Gasteiger partial charge in [0.2, 0.25) is 0 Å². The van der Waals surface area contributed by atoms with E-state index in [1.165, 1.54) is 25.3 Å². The van der Waals surface area contributed by atoms with Gasteiger partial charge in [0.05, 0.1) is 3.57 Å². The van der Waals surface area contributed by atoms with E-state index < -0.39 is 0 Å². The monoisotopic (exact) mass is 391 g/mol. The van der Waals surface area contributed by atoms with E-state index in [0.29, 0.717) is 10.8 Å². The number of halogens is 1. The Morgan fingerprint density at radius 1 is 1.42 bits per heavy atom. The zero-order valence-electron chi connectivity index (χ0n) is 10.9. The zero-order chi connectivity index (χ0) is 13.8. The van der Waals surface area contributed by atoms with E-state index in [1.807, 2.05) is 34.4 Å². The molecule has 0 heterocycles. The minimum absolute atomic E-state index is 0.0855. The quantitative estimate of drug-likeness (QED) is 0.777. The van der Waals surface area contributed by atoms with Crippen LogP contribution in [0.4, 0.5) is 0 Å². The number of phenols is 1. The lowest BCUT2D eigenvalue weighted by Crippen LogP contribution is -2.43. The lowest BCUT2D eigenvalue weighted by Gasteiger charge is -2.30. The standard InChI is InChI=1S/C14H18INO2S/c1-19-13-5-3-2-4-11(13)16-14(18)9-6-7-10(15)12(17)8-9/h6-8,11,13,17H,2-5H2,1H3,(H,16,18). The van der Waals surface area contributed by atoms with E-state index in [1.54, 1.807) is 12.1 Å². The SMILES string of the molecule is CSC1CCCCC1NC(=O)c1ccc(I)c(O)c1. The van der Waals surface area contributed by atoms with Crippen molar-refractivity contribution >= 4 is 40.3 Å². The number of rotatable bonds is 3. The number of thioether (sulfide) groups is 1. The van der Waals surface area contributed by atoms with Gasteiger partial charge in [0.15, 0.2) is 0 Å². The molecule has 5 heteroatoms. The number of hydrogen-bond donors (Lipinski definition) is 2. The minimum Gasteiger partial charge on any atom is -0.507 e. The fraction of sp³-hybridized carbons (Fsp3) is 0.500. The summed E-state index contributed by atoms with van der Waals surface area (Å²) in [6.07, 6.45) is 6.76. The van der Waals surface area contributed by atoms with Crippen LogP contribution in [0.1, 0.15) is 36.0 Å². The summed E-state index contributed by atoms with van der Waals surface area (Å²) in [4.78, 5) is 12.2. The molecule has 2 rings (SSSR count). The second kappa shape index (κ2) is 6.83. The average molecular weight is 391 g/mol.